The van der Waals surface area contributed by atoms with Crippen molar-refractivity contribution in [2.45, 2.75) is 12.3 Å². The maximum atomic E-state index is 13.9. The number of nitrogens with zero attached hydrogens (tertiary/aromatic N) is 2. The minimum absolute atomic E-state index is 0.120. The molecule has 1 aromatic heterocycles. The molecule has 8 heteroatoms. The highest BCUT2D eigenvalue weighted by atomic mass is 19.4. The third-order valence-electron chi connectivity index (χ3n) is 4.53. The van der Waals surface area contributed by atoms with Gasteiger partial charge in [0.2, 0.25) is 5.88 Å². The van der Waals surface area contributed by atoms with E-state index in [1.165, 1.54) is 14.2 Å². The van der Waals surface area contributed by atoms with E-state index in [1.807, 2.05) is 0 Å². The smallest absolute Gasteiger partial charge is 0.433 e. The number of ether oxygens (including phenoxy) is 2. The molecule has 4 rings (SSSR count). The summed E-state index contributed by atoms with van der Waals surface area (Å²) in [5.74, 6) is 0.488. The molecule has 0 bridgehead atoms. The number of fused-ring (bicyclic) bond motifs is 3. The number of rotatable bonds is 3. The molecule has 5 nitrogen and oxygen atoms in total. The van der Waals surface area contributed by atoms with E-state index < -0.39 is 18.1 Å². The van der Waals surface area contributed by atoms with E-state index in [0.29, 0.717) is 27.9 Å². The van der Waals surface area contributed by atoms with Gasteiger partial charge in [-0.3, -0.25) is 4.99 Å². The molecule has 0 saturated carbocycles. The Morgan fingerprint density at radius 1 is 0.964 bits per heavy atom. The predicted octanol–water partition coefficient (Wildman–Crippen LogP) is 4.73. The molecular formula is C20H16F3N3O2. The van der Waals surface area contributed by atoms with Gasteiger partial charge < -0.3 is 14.8 Å². The van der Waals surface area contributed by atoms with Gasteiger partial charge in [-0.2, -0.15) is 13.2 Å². The van der Waals surface area contributed by atoms with Crippen molar-refractivity contribution >= 4 is 22.3 Å². The second kappa shape index (κ2) is 6.70. The average Bonchev–Trinajstić information content (AvgIpc) is 2.71. The molecule has 144 valence electrons. The SMILES string of the molecule is COc1ccc(C2N=C(C(F)(F)F)c3c(OC)nc4ccccc4c3N2)cc1. The van der Waals surface area contributed by atoms with Gasteiger partial charge in [-0.1, -0.05) is 30.3 Å². The van der Waals surface area contributed by atoms with Gasteiger partial charge in [-0.05, 0) is 23.8 Å². The Morgan fingerprint density at radius 3 is 2.32 bits per heavy atom. The Morgan fingerprint density at radius 2 is 1.68 bits per heavy atom. The second-order valence-electron chi connectivity index (χ2n) is 6.18. The standard InChI is InChI=1S/C20H16F3N3O2/c1-27-12-9-7-11(8-10-12)18-25-16-13-5-3-4-6-14(13)24-19(28-2)15(16)17(26-18)20(21,22)23/h3-10,18,25H,1-2H3. The quantitative estimate of drug-likeness (QED) is 0.706. The van der Waals surface area contributed by atoms with Crippen LogP contribution in [-0.2, 0) is 0 Å². The van der Waals surface area contributed by atoms with Crippen LogP contribution in [0.5, 0.6) is 11.6 Å². The molecule has 0 fully saturated rings. The summed E-state index contributed by atoms with van der Waals surface area (Å²) in [6.07, 6.45) is -5.58. The molecule has 0 spiro atoms. The van der Waals surface area contributed by atoms with E-state index in [0.717, 1.165) is 0 Å². The van der Waals surface area contributed by atoms with Gasteiger partial charge >= 0.3 is 6.18 Å². The Hall–Kier alpha value is -3.29. The number of para-hydroxylation sites is 1. The van der Waals surface area contributed by atoms with Crippen molar-refractivity contribution in [1.82, 2.24) is 4.98 Å². The molecule has 1 unspecified atom stereocenters. The average molecular weight is 387 g/mol. The Bertz CT molecular complexity index is 1060. The lowest BCUT2D eigenvalue weighted by molar-refractivity contribution is -0.0586. The molecule has 1 atom stereocenters. The molecular weight excluding hydrogens is 371 g/mol. The highest BCUT2D eigenvalue weighted by molar-refractivity contribution is 6.16. The third-order valence-corrected chi connectivity index (χ3v) is 4.53. The number of aromatic nitrogens is 1. The molecule has 2 aromatic carbocycles. The molecule has 0 amide bonds. The normalized spacial score (nSPS) is 16.2. The van der Waals surface area contributed by atoms with Gasteiger partial charge in [-0.15, -0.1) is 0 Å². The fraction of sp³-hybridized carbons (Fsp3) is 0.200. The first kappa shape index (κ1) is 18.1. The van der Waals surface area contributed by atoms with Gasteiger partial charge in [0.25, 0.3) is 0 Å². The molecule has 1 aliphatic heterocycles. The van der Waals surface area contributed by atoms with Crippen LogP contribution in [-0.4, -0.2) is 31.1 Å². The van der Waals surface area contributed by atoms with E-state index in [-0.39, 0.29) is 11.4 Å². The summed E-state index contributed by atoms with van der Waals surface area (Å²) in [7, 11) is 2.82. The van der Waals surface area contributed by atoms with E-state index in [2.05, 4.69) is 15.3 Å². The van der Waals surface area contributed by atoms with Gasteiger partial charge in [0, 0.05) is 5.39 Å². The van der Waals surface area contributed by atoms with Crippen molar-refractivity contribution in [2.24, 2.45) is 4.99 Å². The van der Waals surface area contributed by atoms with Crippen LogP contribution in [0.1, 0.15) is 17.3 Å². The number of hydrogen-bond acceptors (Lipinski definition) is 5. The summed E-state index contributed by atoms with van der Waals surface area (Å²) in [5, 5.41) is 3.69. The number of anilines is 1. The topological polar surface area (TPSA) is 55.7 Å². The molecule has 28 heavy (non-hydrogen) atoms. The van der Waals surface area contributed by atoms with Crippen molar-refractivity contribution < 1.29 is 22.6 Å². The number of pyridine rings is 1. The summed E-state index contributed by atoms with van der Waals surface area (Å²) in [6.45, 7) is 0. The van der Waals surface area contributed by atoms with E-state index in [4.69, 9.17) is 9.47 Å². The second-order valence-corrected chi connectivity index (χ2v) is 6.18. The minimum atomic E-state index is -4.67. The zero-order valence-corrected chi connectivity index (χ0v) is 15.0. The summed E-state index contributed by atoms with van der Waals surface area (Å²) in [6, 6.07) is 13.7. The first-order valence-corrected chi connectivity index (χ1v) is 8.45. The molecule has 1 N–H and O–H groups in total. The lowest BCUT2D eigenvalue weighted by Crippen LogP contribution is -2.31. The lowest BCUT2D eigenvalue weighted by Gasteiger charge is -2.28. The van der Waals surface area contributed by atoms with Crippen LogP contribution in [0.4, 0.5) is 18.9 Å². The fourth-order valence-corrected chi connectivity index (χ4v) is 3.23. The number of methoxy groups -OCH3 is 2. The molecule has 0 aliphatic carbocycles. The molecule has 2 heterocycles. The van der Waals surface area contributed by atoms with E-state index in [1.54, 1.807) is 48.5 Å². The van der Waals surface area contributed by atoms with Crippen LogP contribution in [0, 0.1) is 0 Å². The van der Waals surface area contributed by atoms with Crippen molar-refractivity contribution in [1.29, 1.82) is 0 Å². The maximum Gasteiger partial charge on any atom is 0.433 e. The number of benzene rings is 2. The van der Waals surface area contributed by atoms with Crippen LogP contribution in [0.2, 0.25) is 0 Å². The Balaban J connectivity index is 1.95. The van der Waals surface area contributed by atoms with Crippen molar-refractivity contribution in [3.05, 3.63) is 59.7 Å². The zero-order valence-electron chi connectivity index (χ0n) is 15.0. The number of aliphatic imine (C=N–C) groups is 1. The minimum Gasteiger partial charge on any atom is -0.497 e. The van der Waals surface area contributed by atoms with Crippen LogP contribution in [0.15, 0.2) is 53.5 Å². The first-order chi connectivity index (χ1) is 13.4. The highest BCUT2D eigenvalue weighted by Crippen LogP contribution is 2.42. The summed E-state index contributed by atoms with van der Waals surface area (Å²) >= 11 is 0. The van der Waals surface area contributed by atoms with E-state index in [9.17, 15) is 13.2 Å². The van der Waals surface area contributed by atoms with Crippen LogP contribution in [0.25, 0.3) is 10.9 Å². The van der Waals surface area contributed by atoms with Crippen LogP contribution in [0.3, 0.4) is 0 Å². The number of hydrogen-bond donors (Lipinski definition) is 1. The highest BCUT2D eigenvalue weighted by Gasteiger charge is 2.43. The van der Waals surface area contributed by atoms with Crippen molar-refractivity contribution in [3.63, 3.8) is 0 Å². The largest absolute Gasteiger partial charge is 0.497 e. The van der Waals surface area contributed by atoms with Crippen molar-refractivity contribution in [3.8, 4) is 11.6 Å². The lowest BCUT2D eigenvalue weighted by atomic mass is 10.00. The predicted molar refractivity (Wildman–Crippen MR) is 100 cm³/mol. The zero-order chi connectivity index (χ0) is 19.9. The molecule has 0 saturated heterocycles. The van der Waals surface area contributed by atoms with Crippen LogP contribution >= 0.6 is 0 Å². The summed E-state index contributed by atoms with van der Waals surface area (Å²) in [5.41, 5.74) is 0.205. The van der Waals surface area contributed by atoms with Gasteiger partial charge in [0.05, 0.1) is 31.0 Å². The summed E-state index contributed by atoms with van der Waals surface area (Å²) in [4.78, 5) is 8.19. The Kier molecular flexibility index (Phi) is 4.33. The summed E-state index contributed by atoms with van der Waals surface area (Å²) < 4.78 is 51.9. The number of alkyl halides is 3. The molecule has 1 aliphatic rings. The van der Waals surface area contributed by atoms with Crippen LogP contribution < -0.4 is 14.8 Å². The van der Waals surface area contributed by atoms with Gasteiger partial charge in [0.15, 0.2) is 5.71 Å². The van der Waals surface area contributed by atoms with Gasteiger partial charge in [-0.25, -0.2) is 4.98 Å². The number of halogens is 3. The van der Waals surface area contributed by atoms with Crippen molar-refractivity contribution in [2.75, 3.05) is 19.5 Å². The monoisotopic (exact) mass is 387 g/mol. The molecule has 3 aromatic rings. The number of nitrogens with one attached hydrogen (secondary N) is 1. The van der Waals surface area contributed by atoms with Gasteiger partial charge in [0.1, 0.15) is 11.9 Å². The van der Waals surface area contributed by atoms with E-state index >= 15 is 0 Å². The fourth-order valence-electron chi connectivity index (χ4n) is 3.23. The molecule has 0 radical (unpaired) electrons. The first-order valence-electron chi connectivity index (χ1n) is 8.45. The maximum absolute atomic E-state index is 13.9. The third kappa shape index (κ3) is 3.00. The Labute approximate surface area is 158 Å².